The van der Waals surface area contributed by atoms with E-state index in [1.54, 1.807) is 13.0 Å². The van der Waals surface area contributed by atoms with Gasteiger partial charge in [0.2, 0.25) is 0 Å². The Morgan fingerprint density at radius 2 is 1.60 bits per heavy atom. The van der Waals surface area contributed by atoms with E-state index in [0.29, 0.717) is 12.0 Å². The maximum absolute atomic E-state index is 12.1. The summed E-state index contributed by atoms with van der Waals surface area (Å²) in [6.07, 6.45) is 1.26. The third-order valence-electron chi connectivity index (χ3n) is 3.17. The molecule has 2 aromatic carbocycles. The number of carbonyl (C=O) groups excluding carboxylic acids is 1. The van der Waals surface area contributed by atoms with Gasteiger partial charge in [0.1, 0.15) is 6.10 Å². The predicted octanol–water partition coefficient (Wildman–Crippen LogP) is 3.78. The second-order valence-corrected chi connectivity index (χ2v) is 4.60. The number of carbonyl (C=O) groups is 1. The summed E-state index contributed by atoms with van der Waals surface area (Å²) in [4.78, 5) is 12.1. The summed E-state index contributed by atoms with van der Waals surface area (Å²) in [5.74, 6) is -0.0368. The van der Waals surface area contributed by atoms with Crippen LogP contribution in [-0.2, 0) is 4.79 Å². The van der Waals surface area contributed by atoms with E-state index in [1.165, 1.54) is 0 Å². The molecule has 0 radical (unpaired) electrons. The van der Waals surface area contributed by atoms with Crippen molar-refractivity contribution in [1.82, 2.24) is 0 Å². The summed E-state index contributed by atoms with van der Waals surface area (Å²) in [6.45, 7) is 1.80. The normalized spacial score (nSPS) is 13.0. The highest BCUT2D eigenvalue weighted by atomic mass is 16.3. The quantitative estimate of drug-likeness (QED) is 0.836. The summed E-state index contributed by atoms with van der Waals surface area (Å²) in [5, 5.41) is 10.5. The molecule has 0 aromatic heterocycles. The van der Waals surface area contributed by atoms with Crippen molar-refractivity contribution < 1.29 is 9.90 Å². The van der Waals surface area contributed by atoms with Gasteiger partial charge in [-0.1, -0.05) is 67.6 Å². The van der Waals surface area contributed by atoms with Gasteiger partial charge in [-0.05, 0) is 17.2 Å². The molecule has 0 aliphatic carbocycles. The Bertz CT molecular complexity index is 585. The molecular formula is C18H18O2. The minimum absolute atomic E-state index is 0.0368. The second-order valence-electron chi connectivity index (χ2n) is 4.60. The summed E-state index contributed by atoms with van der Waals surface area (Å²) < 4.78 is 0. The van der Waals surface area contributed by atoms with E-state index >= 15 is 0 Å². The molecule has 0 aliphatic rings. The van der Waals surface area contributed by atoms with Crippen LogP contribution in [0, 0.1) is 0 Å². The van der Waals surface area contributed by atoms with Crippen LogP contribution in [0.25, 0.3) is 6.08 Å². The first-order chi connectivity index (χ1) is 9.72. The molecule has 20 heavy (non-hydrogen) atoms. The van der Waals surface area contributed by atoms with Gasteiger partial charge in [0.15, 0.2) is 5.78 Å². The number of benzene rings is 2. The summed E-state index contributed by atoms with van der Waals surface area (Å²) in [6, 6.07) is 18.8. The predicted molar refractivity (Wildman–Crippen MR) is 81.1 cm³/mol. The molecule has 102 valence electrons. The molecule has 0 bridgehead atoms. The number of ketones is 1. The Hall–Kier alpha value is -2.19. The van der Waals surface area contributed by atoms with E-state index in [1.807, 2.05) is 60.7 Å². The lowest BCUT2D eigenvalue weighted by Crippen LogP contribution is -2.10. The van der Waals surface area contributed by atoms with Crippen molar-refractivity contribution in [2.75, 3.05) is 0 Å². The molecule has 0 saturated heterocycles. The molecule has 2 nitrogen and oxygen atoms in total. The third kappa shape index (κ3) is 3.43. The Labute approximate surface area is 119 Å². The Kier molecular flexibility index (Phi) is 4.85. The van der Waals surface area contributed by atoms with Crippen molar-refractivity contribution in [2.24, 2.45) is 0 Å². The zero-order valence-corrected chi connectivity index (χ0v) is 11.5. The molecule has 0 aliphatic heterocycles. The molecular weight excluding hydrogens is 248 g/mol. The fourth-order valence-corrected chi connectivity index (χ4v) is 2.06. The molecule has 1 N–H and O–H groups in total. The van der Waals surface area contributed by atoms with E-state index in [9.17, 15) is 9.90 Å². The Balaban J connectivity index is 2.38. The lowest BCUT2D eigenvalue weighted by molar-refractivity contribution is -0.116. The van der Waals surface area contributed by atoms with E-state index in [4.69, 9.17) is 0 Å². The van der Waals surface area contributed by atoms with Crippen LogP contribution < -0.4 is 0 Å². The largest absolute Gasteiger partial charge is 0.384 e. The summed E-state index contributed by atoms with van der Waals surface area (Å²) >= 11 is 0. The van der Waals surface area contributed by atoms with Crippen LogP contribution in [0.15, 0.2) is 66.2 Å². The third-order valence-corrected chi connectivity index (χ3v) is 3.17. The number of Topliss-reactive ketones (excluding diaryl/α,β-unsaturated/α-hetero) is 1. The van der Waals surface area contributed by atoms with Gasteiger partial charge in [0.25, 0.3) is 0 Å². The maximum atomic E-state index is 12.1. The fourth-order valence-electron chi connectivity index (χ4n) is 2.06. The molecule has 0 saturated carbocycles. The Morgan fingerprint density at radius 1 is 1.05 bits per heavy atom. The minimum atomic E-state index is -0.885. The van der Waals surface area contributed by atoms with Gasteiger partial charge in [-0.2, -0.15) is 0 Å². The van der Waals surface area contributed by atoms with E-state index in [-0.39, 0.29) is 5.78 Å². The zero-order valence-electron chi connectivity index (χ0n) is 11.5. The highest BCUT2D eigenvalue weighted by Gasteiger charge is 2.18. The lowest BCUT2D eigenvalue weighted by atomic mass is 9.95. The van der Waals surface area contributed by atoms with Gasteiger partial charge < -0.3 is 5.11 Å². The molecule has 1 atom stereocenters. The molecule has 0 spiro atoms. The number of rotatable bonds is 5. The van der Waals surface area contributed by atoms with E-state index in [0.717, 1.165) is 11.1 Å². The van der Waals surface area contributed by atoms with Crippen molar-refractivity contribution >= 4 is 11.9 Å². The first-order valence-electron chi connectivity index (χ1n) is 6.75. The van der Waals surface area contributed by atoms with Crippen LogP contribution in [0.4, 0.5) is 0 Å². The van der Waals surface area contributed by atoms with E-state index < -0.39 is 6.10 Å². The monoisotopic (exact) mass is 266 g/mol. The second kappa shape index (κ2) is 6.83. The van der Waals surface area contributed by atoms with Gasteiger partial charge in [-0.15, -0.1) is 0 Å². The highest BCUT2D eigenvalue weighted by molar-refractivity contribution is 6.00. The molecule has 1 unspecified atom stereocenters. The number of aliphatic hydroxyl groups excluding tert-OH is 1. The van der Waals surface area contributed by atoms with Crippen LogP contribution in [0.3, 0.4) is 0 Å². The van der Waals surface area contributed by atoms with Gasteiger partial charge >= 0.3 is 0 Å². The average Bonchev–Trinajstić information content (AvgIpc) is 2.53. The van der Waals surface area contributed by atoms with Gasteiger partial charge in [0.05, 0.1) is 0 Å². The molecule has 2 heteroatoms. The van der Waals surface area contributed by atoms with Crippen molar-refractivity contribution in [3.8, 4) is 0 Å². The smallest absolute Gasteiger partial charge is 0.161 e. The summed E-state index contributed by atoms with van der Waals surface area (Å²) in [5.41, 5.74) is 2.08. The molecule has 2 rings (SSSR count). The highest BCUT2D eigenvalue weighted by Crippen LogP contribution is 2.25. The first kappa shape index (κ1) is 14.2. The molecule has 0 fully saturated rings. The SMILES string of the molecule is CCC(=O)C(=Cc1ccccc1)C(O)c1ccccc1. The van der Waals surface area contributed by atoms with Crippen molar-refractivity contribution in [3.63, 3.8) is 0 Å². The van der Waals surface area contributed by atoms with Crippen LogP contribution in [-0.4, -0.2) is 10.9 Å². The minimum Gasteiger partial charge on any atom is -0.384 e. The number of aliphatic hydroxyl groups is 1. The van der Waals surface area contributed by atoms with Gasteiger partial charge in [-0.25, -0.2) is 0 Å². The van der Waals surface area contributed by atoms with Gasteiger partial charge in [-0.3, -0.25) is 4.79 Å². The van der Waals surface area contributed by atoms with Crippen LogP contribution in [0.1, 0.15) is 30.6 Å². The standard InChI is InChI=1S/C18H18O2/c1-2-17(19)16(13-14-9-5-3-6-10-14)18(20)15-11-7-4-8-12-15/h3-13,18,20H,2H2,1H3. The number of hydrogen-bond acceptors (Lipinski definition) is 2. The molecule has 0 heterocycles. The van der Waals surface area contributed by atoms with Crippen molar-refractivity contribution in [2.45, 2.75) is 19.4 Å². The maximum Gasteiger partial charge on any atom is 0.161 e. The Morgan fingerprint density at radius 3 is 2.15 bits per heavy atom. The van der Waals surface area contributed by atoms with Crippen molar-refractivity contribution in [1.29, 1.82) is 0 Å². The van der Waals surface area contributed by atoms with Crippen LogP contribution >= 0.6 is 0 Å². The fraction of sp³-hybridized carbons (Fsp3) is 0.167. The number of hydrogen-bond donors (Lipinski definition) is 1. The summed E-state index contributed by atoms with van der Waals surface area (Å²) in [7, 11) is 0. The van der Waals surface area contributed by atoms with E-state index in [2.05, 4.69) is 0 Å². The average molecular weight is 266 g/mol. The topological polar surface area (TPSA) is 37.3 Å². The zero-order chi connectivity index (χ0) is 14.4. The van der Waals surface area contributed by atoms with Crippen LogP contribution in [0.5, 0.6) is 0 Å². The first-order valence-corrected chi connectivity index (χ1v) is 6.75. The molecule has 0 amide bonds. The van der Waals surface area contributed by atoms with Crippen molar-refractivity contribution in [3.05, 3.63) is 77.4 Å². The molecule has 2 aromatic rings. The lowest BCUT2D eigenvalue weighted by Gasteiger charge is -2.14. The van der Waals surface area contributed by atoms with Crippen LogP contribution in [0.2, 0.25) is 0 Å². The van der Waals surface area contributed by atoms with Gasteiger partial charge in [0, 0.05) is 12.0 Å².